The molecule has 3 rings (SSSR count). The molecule has 0 aliphatic carbocycles. The summed E-state index contributed by atoms with van der Waals surface area (Å²) in [6.07, 6.45) is 0.981. The maximum atomic E-state index is 13.8. The van der Waals surface area contributed by atoms with Crippen molar-refractivity contribution < 1.29 is 13.6 Å². The SMILES string of the molecule is CC(C)CCn1c(S[C@H](C)C(=O)Nc2c(F)cccc2F)nc2ccccc21. The lowest BCUT2D eigenvalue weighted by molar-refractivity contribution is -0.115. The number of anilines is 1. The van der Waals surface area contributed by atoms with Crippen LogP contribution in [0.4, 0.5) is 14.5 Å². The van der Waals surface area contributed by atoms with E-state index in [2.05, 4.69) is 28.7 Å². The fourth-order valence-electron chi connectivity index (χ4n) is 2.80. The molecule has 0 bridgehead atoms. The van der Waals surface area contributed by atoms with Crippen LogP contribution in [0.15, 0.2) is 47.6 Å². The van der Waals surface area contributed by atoms with Gasteiger partial charge in [-0.3, -0.25) is 4.79 Å². The Labute approximate surface area is 167 Å². The number of hydrogen-bond donors (Lipinski definition) is 1. The molecule has 0 saturated heterocycles. The van der Waals surface area contributed by atoms with Gasteiger partial charge in [0.2, 0.25) is 5.91 Å². The smallest absolute Gasteiger partial charge is 0.237 e. The Hall–Kier alpha value is -2.41. The molecule has 0 spiro atoms. The second kappa shape index (κ2) is 8.73. The summed E-state index contributed by atoms with van der Waals surface area (Å²) in [5, 5.41) is 2.50. The van der Waals surface area contributed by atoms with E-state index in [1.807, 2.05) is 24.3 Å². The molecular formula is C21H23F2N3OS. The van der Waals surface area contributed by atoms with E-state index in [0.29, 0.717) is 5.92 Å². The lowest BCUT2D eigenvalue weighted by Crippen LogP contribution is -2.24. The highest BCUT2D eigenvalue weighted by molar-refractivity contribution is 8.00. The zero-order valence-corrected chi connectivity index (χ0v) is 16.9. The number of nitrogens with zero attached hydrogens (tertiary/aromatic N) is 2. The van der Waals surface area contributed by atoms with E-state index >= 15 is 0 Å². The van der Waals surface area contributed by atoms with Gasteiger partial charge in [-0.2, -0.15) is 0 Å². The van der Waals surface area contributed by atoms with Gasteiger partial charge in [-0.1, -0.05) is 43.8 Å². The fraction of sp³-hybridized carbons (Fsp3) is 0.333. The van der Waals surface area contributed by atoms with Crippen molar-refractivity contribution in [2.24, 2.45) is 5.92 Å². The fourth-order valence-corrected chi connectivity index (χ4v) is 3.75. The molecule has 0 unspecified atom stereocenters. The van der Waals surface area contributed by atoms with E-state index in [-0.39, 0.29) is 0 Å². The number of carbonyl (C=O) groups is 1. The molecule has 1 atom stereocenters. The zero-order chi connectivity index (χ0) is 20.3. The molecule has 1 amide bonds. The molecule has 0 saturated carbocycles. The molecule has 0 aliphatic rings. The van der Waals surface area contributed by atoms with Crippen molar-refractivity contribution in [3.8, 4) is 0 Å². The van der Waals surface area contributed by atoms with E-state index in [4.69, 9.17) is 0 Å². The molecule has 1 N–H and O–H groups in total. The van der Waals surface area contributed by atoms with Gasteiger partial charge in [-0.15, -0.1) is 0 Å². The van der Waals surface area contributed by atoms with Gasteiger partial charge in [-0.05, 0) is 43.5 Å². The number of para-hydroxylation sites is 3. The highest BCUT2D eigenvalue weighted by Gasteiger charge is 2.21. The summed E-state index contributed by atoms with van der Waals surface area (Å²) in [6, 6.07) is 11.3. The number of aromatic nitrogens is 2. The lowest BCUT2D eigenvalue weighted by atomic mass is 10.1. The highest BCUT2D eigenvalue weighted by atomic mass is 32.2. The van der Waals surface area contributed by atoms with Crippen molar-refractivity contribution >= 4 is 34.4 Å². The van der Waals surface area contributed by atoms with Crippen LogP contribution in [0.2, 0.25) is 0 Å². The number of imidazole rings is 1. The van der Waals surface area contributed by atoms with Crippen LogP contribution in [0.1, 0.15) is 27.2 Å². The third-order valence-corrected chi connectivity index (χ3v) is 5.50. The molecular weight excluding hydrogens is 380 g/mol. The zero-order valence-electron chi connectivity index (χ0n) is 16.1. The molecule has 2 aromatic carbocycles. The van der Waals surface area contributed by atoms with Gasteiger partial charge in [0.25, 0.3) is 0 Å². The number of benzene rings is 2. The van der Waals surface area contributed by atoms with E-state index in [1.165, 1.54) is 17.8 Å². The Morgan fingerprint density at radius 3 is 2.46 bits per heavy atom. The molecule has 4 nitrogen and oxygen atoms in total. The quantitative estimate of drug-likeness (QED) is 0.532. The topological polar surface area (TPSA) is 46.9 Å². The first-order valence-corrected chi connectivity index (χ1v) is 10.1. The Kier molecular flexibility index (Phi) is 6.34. The van der Waals surface area contributed by atoms with Crippen molar-refractivity contribution in [3.05, 3.63) is 54.1 Å². The average Bonchev–Trinajstić information content (AvgIpc) is 2.99. The van der Waals surface area contributed by atoms with Crippen LogP contribution < -0.4 is 5.32 Å². The van der Waals surface area contributed by atoms with Gasteiger partial charge in [0.05, 0.1) is 16.3 Å². The molecule has 0 aliphatic heterocycles. The predicted octanol–water partition coefficient (Wildman–Crippen LogP) is 5.48. The van der Waals surface area contributed by atoms with E-state index < -0.39 is 28.5 Å². The van der Waals surface area contributed by atoms with Crippen molar-refractivity contribution in [3.63, 3.8) is 0 Å². The summed E-state index contributed by atoms with van der Waals surface area (Å²) in [5.74, 6) is -1.54. The number of aryl methyl sites for hydroxylation is 1. The maximum Gasteiger partial charge on any atom is 0.237 e. The first-order valence-electron chi connectivity index (χ1n) is 9.23. The summed E-state index contributed by atoms with van der Waals surface area (Å²) in [7, 11) is 0. The molecule has 7 heteroatoms. The minimum atomic E-state index is -0.797. The molecule has 1 heterocycles. The number of amides is 1. The van der Waals surface area contributed by atoms with E-state index in [0.717, 1.165) is 41.3 Å². The van der Waals surface area contributed by atoms with Crippen molar-refractivity contribution in [2.45, 2.75) is 44.1 Å². The van der Waals surface area contributed by atoms with Crippen molar-refractivity contribution in [2.75, 3.05) is 5.32 Å². The monoisotopic (exact) mass is 403 g/mol. The molecule has 0 radical (unpaired) electrons. The van der Waals surface area contributed by atoms with Crippen LogP contribution in [0.5, 0.6) is 0 Å². The lowest BCUT2D eigenvalue weighted by Gasteiger charge is -2.15. The number of halogens is 2. The summed E-state index contributed by atoms with van der Waals surface area (Å²) in [4.78, 5) is 17.2. The molecule has 0 fully saturated rings. The Balaban J connectivity index is 1.81. The molecule has 3 aromatic rings. The number of carbonyl (C=O) groups excluding carboxylic acids is 1. The van der Waals surface area contributed by atoms with Crippen LogP contribution >= 0.6 is 11.8 Å². The Morgan fingerprint density at radius 1 is 1.11 bits per heavy atom. The van der Waals surface area contributed by atoms with Gasteiger partial charge < -0.3 is 9.88 Å². The normalized spacial score (nSPS) is 12.5. The second-order valence-corrected chi connectivity index (χ2v) is 8.37. The second-order valence-electron chi connectivity index (χ2n) is 7.06. The van der Waals surface area contributed by atoms with E-state index in [9.17, 15) is 13.6 Å². The number of hydrogen-bond acceptors (Lipinski definition) is 3. The third kappa shape index (κ3) is 4.52. The third-order valence-electron chi connectivity index (χ3n) is 4.41. The minimum Gasteiger partial charge on any atom is -0.320 e. The first-order chi connectivity index (χ1) is 13.4. The number of fused-ring (bicyclic) bond motifs is 1. The van der Waals surface area contributed by atoms with Gasteiger partial charge in [-0.25, -0.2) is 13.8 Å². The molecule has 28 heavy (non-hydrogen) atoms. The maximum absolute atomic E-state index is 13.8. The van der Waals surface area contributed by atoms with Gasteiger partial charge in [0.1, 0.15) is 17.3 Å². The number of rotatable bonds is 7. The first kappa shape index (κ1) is 20.3. The summed E-state index contributed by atoms with van der Waals surface area (Å²) < 4.78 is 29.7. The van der Waals surface area contributed by atoms with Crippen LogP contribution in [0.3, 0.4) is 0 Å². The summed E-state index contributed by atoms with van der Waals surface area (Å²) in [5.41, 5.74) is 1.45. The van der Waals surface area contributed by atoms with Crippen LogP contribution in [-0.2, 0) is 11.3 Å². The Bertz CT molecular complexity index is 967. The van der Waals surface area contributed by atoms with Gasteiger partial charge in [0.15, 0.2) is 5.16 Å². The van der Waals surface area contributed by atoms with Gasteiger partial charge >= 0.3 is 0 Å². The Morgan fingerprint density at radius 2 is 1.79 bits per heavy atom. The van der Waals surface area contributed by atoms with Crippen LogP contribution in [0, 0.1) is 17.6 Å². The van der Waals surface area contributed by atoms with E-state index in [1.54, 1.807) is 6.92 Å². The molecule has 1 aromatic heterocycles. The minimum absolute atomic E-state index is 0.423. The standard InChI is InChI=1S/C21H23F2N3OS/c1-13(2)11-12-26-18-10-5-4-9-17(18)24-21(26)28-14(3)20(27)25-19-15(22)7-6-8-16(19)23/h4-10,13-14H,11-12H2,1-3H3,(H,25,27)/t14-/m1/s1. The van der Waals surface area contributed by atoms with Gasteiger partial charge in [0, 0.05) is 6.54 Å². The van der Waals surface area contributed by atoms with Crippen LogP contribution in [-0.4, -0.2) is 20.7 Å². The summed E-state index contributed by atoms with van der Waals surface area (Å²) in [6.45, 7) is 6.80. The van der Waals surface area contributed by atoms with Crippen LogP contribution in [0.25, 0.3) is 11.0 Å². The predicted molar refractivity (Wildman–Crippen MR) is 109 cm³/mol. The highest BCUT2D eigenvalue weighted by Crippen LogP contribution is 2.29. The van der Waals surface area contributed by atoms with Crippen molar-refractivity contribution in [1.82, 2.24) is 9.55 Å². The average molecular weight is 403 g/mol. The largest absolute Gasteiger partial charge is 0.320 e. The summed E-state index contributed by atoms with van der Waals surface area (Å²) >= 11 is 1.28. The van der Waals surface area contributed by atoms with Crippen molar-refractivity contribution in [1.29, 1.82) is 0 Å². The molecule has 148 valence electrons. The number of thioether (sulfide) groups is 1. The number of nitrogens with one attached hydrogen (secondary N) is 1.